The summed E-state index contributed by atoms with van der Waals surface area (Å²) < 4.78 is 1.62. The number of hydrogen-bond acceptors (Lipinski definition) is 2. The molecule has 0 spiro atoms. The fourth-order valence-corrected chi connectivity index (χ4v) is 4.13. The molecule has 0 aliphatic heterocycles. The van der Waals surface area contributed by atoms with Crippen molar-refractivity contribution in [2.45, 2.75) is 52.0 Å². The molecule has 0 atom stereocenters. The molecule has 2 aromatic carbocycles. The average molecular weight is 390 g/mol. The summed E-state index contributed by atoms with van der Waals surface area (Å²) in [6.45, 7) is 6.80. The molecule has 0 bridgehead atoms. The van der Waals surface area contributed by atoms with Crippen LogP contribution >= 0.6 is 0 Å². The molecule has 0 saturated heterocycles. The van der Waals surface area contributed by atoms with E-state index in [4.69, 9.17) is 0 Å². The zero-order valence-electron chi connectivity index (χ0n) is 17.9. The van der Waals surface area contributed by atoms with Gasteiger partial charge >= 0.3 is 6.03 Å². The SMILES string of the molecule is CC.CCC1(c2cn(C(=O)N(C)Cc3ccccc3)cn2)Cc2ccccc2C1. The second-order valence-electron chi connectivity index (χ2n) is 7.55. The molecule has 4 nitrogen and oxygen atoms in total. The molecule has 0 N–H and O–H groups in total. The summed E-state index contributed by atoms with van der Waals surface area (Å²) in [6.07, 6.45) is 6.58. The minimum Gasteiger partial charge on any atom is -0.323 e. The van der Waals surface area contributed by atoms with E-state index < -0.39 is 0 Å². The van der Waals surface area contributed by atoms with Gasteiger partial charge in [0, 0.05) is 25.2 Å². The van der Waals surface area contributed by atoms with Gasteiger partial charge in [-0.1, -0.05) is 75.4 Å². The van der Waals surface area contributed by atoms with Crippen molar-refractivity contribution in [2.75, 3.05) is 7.05 Å². The Kier molecular flexibility index (Phi) is 6.53. The first-order chi connectivity index (χ1) is 14.1. The maximum absolute atomic E-state index is 12.8. The van der Waals surface area contributed by atoms with Crippen molar-refractivity contribution in [2.24, 2.45) is 0 Å². The van der Waals surface area contributed by atoms with Crippen molar-refractivity contribution in [1.29, 1.82) is 0 Å². The molecule has 0 unspecified atom stereocenters. The predicted octanol–water partition coefficient (Wildman–Crippen LogP) is 5.46. The third kappa shape index (κ3) is 4.26. The second-order valence-corrected chi connectivity index (χ2v) is 7.55. The van der Waals surface area contributed by atoms with Gasteiger partial charge in [0.2, 0.25) is 0 Å². The lowest BCUT2D eigenvalue weighted by molar-refractivity contribution is 0.208. The van der Waals surface area contributed by atoms with E-state index in [-0.39, 0.29) is 11.4 Å². The van der Waals surface area contributed by atoms with Crippen LogP contribution in [-0.4, -0.2) is 27.5 Å². The van der Waals surface area contributed by atoms with Crippen LogP contribution in [0.3, 0.4) is 0 Å². The highest BCUT2D eigenvalue weighted by atomic mass is 16.2. The van der Waals surface area contributed by atoms with Crippen LogP contribution in [0.1, 0.15) is 49.6 Å². The molecule has 1 amide bonds. The Morgan fingerprint density at radius 3 is 2.21 bits per heavy atom. The first kappa shape index (κ1) is 20.8. The molecular formula is C25H31N3O. The lowest BCUT2D eigenvalue weighted by Crippen LogP contribution is -2.30. The third-order valence-corrected chi connectivity index (χ3v) is 5.79. The van der Waals surface area contributed by atoms with Crippen LogP contribution in [0.25, 0.3) is 0 Å². The molecular weight excluding hydrogens is 358 g/mol. The Morgan fingerprint density at radius 2 is 1.62 bits per heavy atom. The topological polar surface area (TPSA) is 38.1 Å². The summed E-state index contributed by atoms with van der Waals surface area (Å²) in [5.74, 6) is 0. The van der Waals surface area contributed by atoms with Crippen molar-refractivity contribution in [3.8, 4) is 0 Å². The fourth-order valence-electron chi connectivity index (χ4n) is 4.13. The van der Waals surface area contributed by atoms with Gasteiger partial charge in [-0.3, -0.25) is 4.57 Å². The van der Waals surface area contributed by atoms with Crippen LogP contribution in [0.5, 0.6) is 0 Å². The summed E-state index contributed by atoms with van der Waals surface area (Å²) in [5.41, 5.74) is 4.93. The maximum Gasteiger partial charge on any atom is 0.329 e. The van der Waals surface area contributed by atoms with Crippen molar-refractivity contribution < 1.29 is 4.79 Å². The van der Waals surface area contributed by atoms with Gasteiger partial charge in [0.05, 0.1) is 5.69 Å². The number of carbonyl (C=O) groups is 1. The Labute approximate surface area is 174 Å². The van der Waals surface area contributed by atoms with Gasteiger partial charge < -0.3 is 4.90 Å². The van der Waals surface area contributed by atoms with Crippen molar-refractivity contribution in [3.63, 3.8) is 0 Å². The molecule has 1 aliphatic carbocycles. The normalized spacial score (nSPS) is 13.9. The number of benzene rings is 2. The van der Waals surface area contributed by atoms with Gasteiger partial charge in [0.1, 0.15) is 6.33 Å². The Bertz CT molecular complexity index is 920. The molecule has 0 radical (unpaired) electrons. The molecule has 4 heteroatoms. The first-order valence-electron chi connectivity index (χ1n) is 10.5. The molecule has 3 aromatic rings. The monoisotopic (exact) mass is 389 g/mol. The van der Waals surface area contributed by atoms with Crippen LogP contribution in [0.15, 0.2) is 67.1 Å². The van der Waals surface area contributed by atoms with E-state index in [2.05, 4.69) is 36.2 Å². The number of amides is 1. The highest BCUT2D eigenvalue weighted by Gasteiger charge is 2.39. The van der Waals surface area contributed by atoms with Gasteiger partial charge in [-0.25, -0.2) is 9.78 Å². The summed E-state index contributed by atoms with van der Waals surface area (Å²) in [6, 6.07) is 18.6. The minimum absolute atomic E-state index is 0.00673. The number of carbonyl (C=O) groups excluding carboxylic acids is 1. The molecule has 0 fully saturated rings. The first-order valence-corrected chi connectivity index (χ1v) is 10.5. The van der Waals surface area contributed by atoms with Gasteiger partial charge in [-0.2, -0.15) is 0 Å². The molecule has 4 rings (SSSR count). The summed E-state index contributed by atoms with van der Waals surface area (Å²) in [4.78, 5) is 19.2. The lowest BCUT2D eigenvalue weighted by atomic mass is 9.79. The molecule has 0 saturated carbocycles. The van der Waals surface area contributed by atoms with Gasteiger partial charge in [-0.05, 0) is 36.0 Å². The number of aromatic nitrogens is 2. The van der Waals surface area contributed by atoms with Crippen LogP contribution in [0, 0.1) is 0 Å². The molecule has 152 valence electrons. The number of rotatable bonds is 4. The van der Waals surface area contributed by atoms with E-state index in [0.29, 0.717) is 6.54 Å². The van der Waals surface area contributed by atoms with E-state index in [1.54, 1.807) is 15.8 Å². The predicted molar refractivity (Wildman–Crippen MR) is 118 cm³/mol. The third-order valence-electron chi connectivity index (χ3n) is 5.79. The van der Waals surface area contributed by atoms with Crippen molar-refractivity contribution in [3.05, 3.63) is 89.5 Å². The lowest BCUT2D eigenvalue weighted by Gasteiger charge is -2.25. The second kappa shape index (κ2) is 9.08. The van der Waals surface area contributed by atoms with Gasteiger partial charge in [0.25, 0.3) is 0 Å². The number of hydrogen-bond donors (Lipinski definition) is 0. The van der Waals surface area contributed by atoms with Gasteiger partial charge in [-0.15, -0.1) is 0 Å². The van der Waals surface area contributed by atoms with E-state index in [1.165, 1.54) is 11.1 Å². The van der Waals surface area contributed by atoms with Crippen molar-refractivity contribution >= 4 is 6.03 Å². The molecule has 1 heterocycles. The zero-order valence-corrected chi connectivity index (χ0v) is 17.9. The quantitative estimate of drug-likeness (QED) is 0.594. The summed E-state index contributed by atoms with van der Waals surface area (Å²) >= 11 is 0. The van der Waals surface area contributed by atoms with Gasteiger partial charge in [0.15, 0.2) is 0 Å². The van der Waals surface area contributed by atoms with E-state index >= 15 is 0 Å². The van der Waals surface area contributed by atoms with Crippen LogP contribution < -0.4 is 0 Å². The molecule has 1 aromatic heterocycles. The highest BCUT2D eigenvalue weighted by Crippen LogP contribution is 2.41. The zero-order chi connectivity index (χ0) is 20.9. The van der Waals surface area contributed by atoms with Crippen LogP contribution in [0.4, 0.5) is 4.79 Å². The van der Waals surface area contributed by atoms with Crippen LogP contribution in [-0.2, 0) is 24.8 Å². The Hall–Kier alpha value is -2.88. The average Bonchev–Trinajstić information content (AvgIpc) is 3.41. The Morgan fingerprint density at radius 1 is 1.03 bits per heavy atom. The van der Waals surface area contributed by atoms with E-state index in [1.807, 2.05) is 57.4 Å². The smallest absolute Gasteiger partial charge is 0.323 e. The largest absolute Gasteiger partial charge is 0.329 e. The highest BCUT2D eigenvalue weighted by molar-refractivity contribution is 5.76. The number of fused-ring (bicyclic) bond motifs is 1. The molecule has 1 aliphatic rings. The standard InChI is InChI=1S/C23H25N3O.C2H6/c1-3-23(13-19-11-7-8-12-20(19)14-23)21-16-26(17-24-21)22(27)25(2)15-18-9-5-4-6-10-18;1-2/h4-12,16-17H,3,13-15H2,1-2H3;1-2H3. The van der Waals surface area contributed by atoms with Crippen LogP contribution in [0.2, 0.25) is 0 Å². The Balaban J connectivity index is 0.00000117. The number of nitrogens with zero attached hydrogens (tertiary/aromatic N) is 3. The summed E-state index contributed by atoms with van der Waals surface area (Å²) in [7, 11) is 1.83. The number of imidazole rings is 1. The van der Waals surface area contributed by atoms with E-state index in [9.17, 15) is 4.79 Å². The molecule has 29 heavy (non-hydrogen) atoms. The summed E-state index contributed by atoms with van der Waals surface area (Å²) in [5, 5.41) is 0. The maximum atomic E-state index is 12.8. The minimum atomic E-state index is -0.0561. The van der Waals surface area contributed by atoms with E-state index in [0.717, 1.165) is 30.5 Å². The van der Waals surface area contributed by atoms with Crippen molar-refractivity contribution in [1.82, 2.24) is 14.5 Å². The fraction of sp³-hybridized carbons (Fsp3) is 0.360.